The van der Waals surface area contributed by atoms with Gasteiger partial charge in [0.05, 0.1) is 22.4 Å². The molecule has 0 N–H and O–H groups in total. The Hall–Kier alpha value is -2.12. The van der Waals surface area contributed by atoms with Crippen LogP contribution in [0.1, 0.15) is 40.9 Å². The molecule has 2 rings (SSSR count). The molecule has 22 heavy (non-hydrogen) atoms. The van der Waals surface area contributed by atoms with Gasteiger partial charge in [0.25, 0.3) is 0 Å². The number of nitrogens with zero attached hydrogens (tertiary/aromatic N) is 2. The van der Waals surface area contributed by atoms with E-state index in [9.17, 15) is 4.79 Å². The van der Waals surface area contributed by atoms with Crippen LogP contribution in [0.15, 0.2) is 41.6 Å². The maximum Gasteiger partial charge on any atom is 0.173 e. The highest BCUT2D eigenvalue weighted by Gasteiger charge is 2.12. The van der Waals surface area contributed by atoms with E-state index in [0.29, 0.717) is 16.3 Å². The Kier molecular flexibility index (Phi) is 5.74. The molecule has 0 aliphatic carbocycles. The Balaban J connectivity index is 2.13. The second kappa shape index (κ2) is 7.77. The van der Waals surface area contributed by atoms with E-state index in [1.807, 2.05) is 12.1 Å². The van der Waals surface area contributed by atoms with Gasteiger partial charge in [-0.25, -0.2) is 4.98 Å². The number of hydrogen-bond acceptors (Lipinski definition) is 4. The van der Waals surface area contributed by atoms with E-state index in [0.717, 1.165) is 24.0 Å². The fourth-order valence-electron chi connectivity index (χ4n) is 2.19. The van der Waals surface area contributed by atoms with E-state index >= 15 is 0 Å². The third kappa shape index (κ3) is 3.96. The van der Waals surface area contributed by atoms with Crippen LogP contribution < -0.4 is 0 Å². The second-order valence-electron chi connectivity index (χ2n) is 4.91. The van der Waals surface area contributed by atoms with Crippen LogP contribution in [0.2, 0.25) is 0 Å². The topological polar surface area (TPSA) is 53.8 Å². The molecule has 0 atom stereocenters. The first-order chi connectivity index (χ1) is 10.7. The lowest BCUT2D eigenvalue weighted by molar-refractivity contribution is 0.102. The van der Waals surface area contributed by atoms with Gasteiger partial charge >= 0.3 is 0 Å². The first kappa shape index (κ1) is 16.3. The fourth-order valence-corrected chi connectivity index (χ4v) is 2.97. The highest BCUT2D eigenvalue weighted by Crippen LogP contribution is 2.20. The van der Waals surface area contributed by atoms with Crippen LogP contribution in [0.25, 0.3) is 0 Å². The third-order valence-electron chi connectivity index (χ3n) is 3.48. The van der Waals surface area contributed by atoms with Crippen LogP contribution in [0.5, 0.6) is 0 Å². The number of rotatable bonds is 6. The van der Waals surface area contributed by atoms with Crippen molar-refractivity contribution in [2.24, 2.45) is 0 Å². The molecule has 0 unspecified atom stereocenters. The maximum absolute atomic E-state index is 12.5. The number of thioether (sulfide) groups is 1. The molecule has 0 bridgehead atoms. The number of ketones is 1. The van der Waals surface area contributed by atoms with Crippen molar-refractivity contribution in [3.63, 3.8) is 0 Å². The number of benzene rings is 1. The Morgan fingerprint density at radius 1 is 1.23 bits per heavy atom. The molecule has 0 aliphatic rings. The predicted octanol–water partition coefficient (Wildman–Crippen LogP) is 4.05. The minimum Gasteiger partial charge on any atom is -0.293 e. The molecule has 0 fully saturated rings. The van der Waals surface area contributed by atoms with Gasteiger partial charge in [-0.3, -0.25) is 4.79 Å². The van der Waals surface area contributed by atoms with E-state index < -0.39 is 0 Å². The van der Waals surface area contributed by atoms with Crippen molar-refractivity contribution >= 4 is 17.5 Å². The van der Waals surface area contributed by atoms with Crippen LogP contribution in [-0.4, -0.2) is 16.5 Å². The molecule has 3 nitrogen and oxygen atoms in total. The summed E-state index contributed by atoms with van der Waals surface area (Å²) in [5.41, 5.74) is 3.63. The highest BCUT2D eigenvalue weighted by molar-refractivity contribution is 7.99. The van der Waals surface area contributed by atoms with Gasteiger partial charge in [-0.15, -0.1) is 0 Å². The van der Waals surface area contributed by atoms with E-state index in [-0.39, 0.29) is 5.78 Å². The number of carbonyl (C=O) groups excluding carboxylic acids is 1. The van der Waals surface area contributed by atoms with Crippen LogP contribution in [-0.2, 0) is 12.8 Å². The van der Waals surface area contributed by atoms with Crippen molar-refractivity contribution in [2.75, 3.05) is 5.75 Å². The summed E-state index contributed by atoms with van der Waals surface area (Å²) in [6, 6.07) is 11.6. The van der Waals surface area contributed by atoms with Crippen LogP contribution in [0.4, 0.5) is 0 Å². The Bertz CT molecular complexity index is 719. The molecule has 0 radical (unpaired) electrons. The summed E-state index contributed by atoms with van der Waals surface area (Å²) in [5, 5.41) is 9.60. The number of aromatic nitrogens is 1. The summed E-state index contributed by atoms with van der Waals surface area (Å²) < 4.78 is 0. The van der Waals surface area contributed by atoms with Crippen molar-refractivity contribution < 1.29 is 4.79 Å². The standard InChI is InChI=1S/C18H18N2OS/c1-3-13-5-6-15(4-2)16(9-13)17(21)12-22-18-10-14(11-19)7-8-20-18/h5-10H,3-4,12H2,1-2H3. The fraction of sp³-hybridized carbons (Fsp3) is 0.278. The first-order valence-electron chi connectivity index (χ1n) is 7.31. The van der Waals surface area contributed by atoms with Crippen molar-refractivity contribution in [3.05, 3.63) is 58.8 Å². The zero-order valence-corrected chi connectivity index (χ0v) is 13.6. The molecule has 1 aromatic heterocycles. The smallest absolute Gasteiger partial charge is 0.173 e. The van der Waals surface area contributed by atoms with Gasteiger partial charge in [0.1, 0.15) is 0 Å². The molecular formula is C18H18N2OS. The molecule has 4 heteroatoms. The highest BCUT2D eigenvalue weighted by atomic mass is 32.2. The lowest BCUT2D eigenvalue weighted by Gasteiger charge is -2.09. The minimum atomic E-state index is 0.112. The average molecular weight is 310 g/mol. The zero-order valence-electron chi connectivity index (χ0n) is 12.8. The van der Waals surface area contributed by atoms with Gasteiger partial charge in [0.15, 0.2) is 5.78 Å². The minimum absolute atomic E-state index is 0.112. The molecule has 0 saturated heterocycles. The maximum atomic E-state index is 12.5. The van der Waals surface area contributed by atoms with Gasteiger partial charge < -0.3 is 0 Å². The molecule has 1 heterocycles. The summed E-state index contributed by atoms with van der Waals surface area (Å²) >= 11 is 1.37. The van der Waals surface area contributed by atoms with E-state index in [1.54, 1.807) is 18.3 Å². The number of aryl methyl sites for hydroxylation is 2. The Morgan fingerprint density at radius 2 is 2.05 bits per heavy atom. The predicted molar refractivity (Wildman–Crippen MR) is 89.2 cm³/mol. The van der Waals surface area contributed by atoms with E-state index in [2.05, 4.69) is 31.0 Å². The van der Waals surface area contributed by atoms with Gasteiger partial charge in [0, 0.05) is 11.8 Å². The molecule has 1 aromatic carbocycles. The van der Waals surface area contributed by atoms with Crippen molar-refractivity contribution in [1.29, 1.82) is 5.26 Å². The number of nitriles is 1. The third-order valence-corrected chi connectivity index (χ3v) is 4.40. The van der Waals surface area contributed by atoms with Crippen molar-refractivity contribution in [2.45, 2.75) is 31.7 Å². The van der Waals surface area contributed by atoms with Gasteiger partial charge in [-0.05, 0) is 42.2 Å². The SMILES string of the molecule is CCc1ccc(CC)c(C(=O)CSc2cc(C#N)ccn2)c1. The summed E-state index contributed by atoms with van der Waals surface area (Å²) in [5.74, 6) is 0.448. The van der Waals surface area contributed by atoms with Crippen LogP contribution in [0, 0.1) is 11.3 Å². The number of Topliss-reactive ketones (excluding diaryl/α,β-unsaturated/α-hetero) is 1. The largest absolute Gasteiger partial charge is 0.293 e. The summed E-state index contributed by atoms with van der Waals surface area (Å²) in [6.45, 7) is 4.14. The van der Waals surface area contributed by atoms with Crippen LogP contribution >= 0.6 is 11.8 Å². The summed E-state index contributed by atoms with van der Waals surface area (Å²) in [4.78, 5) is 16.7. The molecule has 0 aliphatic heterocycles. The monoisotopic (exact) mass is 310 g/mol. The first-order valence-corrected chi connectivity index (χ1v) is 8.30. The molecule has 0 saturated carbocycles. The number of hydrogen-bond donors (Lipinski definition) is 0. The molecule has 0 spiro atoms. The van der Waals surface area contributed by atoms with Crippen LogP contribution in [0.3, 0.4) is 0 Å². The summed E-state index contributed by atoms with van der Waals surface area (Å²) in [6.07, 6.45) is 3.36. The van der Waals surface area contributed by atoms with Crippen molar-refractivity contribution in [1.82, 2.24) is 4.98 Å². The van der Waals surface area contributed by atoms with Gasteiger partial charge in [0.2, 0.25) is 0 Å². The number of pyridine rings is 1. The van der Waals surface area contributed by atoms with Gasteiger partial charge in [-0.1, -0.05) is 37.7 Å². The van der Waals surface area contributed by atoms with Gasteiger partial charge in [-0.2, -0.15) is 5.26 Å². The second-order valence-corrected chi connectivity index (χ2v) is 5.90. The molecule has 2 aromatic rings. The van der Waals surface area contributed by atoms with E-state index in [4.69, 9.17) is 5.26 Å². The summed E-state index contributed by atoms with van der Waals surface area (Å²) in [7, 11) is 0. The average Bonchev–Trinajstić information content (AvgIpc) is 2.59. The zero-order chi connectivity index (χ0) is 15.9. The molecule has 112 valence electrons. The molecule has 0 amide bonds. The Labute approximate surface area is 135 Å². The normalized spacial score (nSPS) is 10.2. The van der Waals surface area contributed by atoms with E-state index in [1.165, 1.54) is 17.3 Å². The number of carbonyl (C=O) groups is 1. The van der Waals surface area contributed by atoms with Crippen molar-refractivity contribution in [3.8, 4) is 6.07 Å². The molecular weight excluding hydrogens is 292 g/mol. The lowest BCUT2D eigenvalue weighted by atomic mass is 9.98. The quantitative estimate of drug-likeness (QED) is 0.596. The Morgan fingerprint density at radius 3 is 2.73 bits per heavy atom. The lowest BCUT2D eigenvalue weighted by Crippen LogP contribution is -2.07.